The molecule has 0 fully saturated rings. The lowest BCUT2D eigenvalue weighted by Crippen LogP contribution is -2.34. The molecule has 0 bridgehead atoms. The monoisotopic (exact) mass is 620 g/mol. The largest absolute Gasteiger partial charge is 0.490 e. The van der Waals surface area contributed by atoms with Crippen LogP contribution in [-0.4, -0.2) is 68.9 Å². The molecule has 4 aromatic rings. The van der Waals surface area contributed by atoms with Crippen LogP contribution in [0, 0.1) is 6.92 Å². The van der Waals surface area contributed by atoms with Crippen LogP contribution in [-0.2, 0) is 14.8 Å². The number of hydrogen-bond donors (Lipinski definition) is 4. The number of anilines is 2. The lowest BCUT2D eigenvalue weighted by Gasteiger charge is -2.12. The van der Waals surface area contributed by atoms with Crippen LogP contribution < -0.4 is 15.8 Å². The van der Waals surface area contributed by atoms with E-state index in [0.717, 1.165) is 17.8 Å². The van der Waals surface area contributed by atoms with Crippen LogP contribution in [0.3, 0.4) is 0 Å². The van der Waals surface area contributed by atoms with E-state index < -0.39 is 40.8 Å². The van der Waals surface area contributed by atoms with Gasteiger partial charge in [0.05, 0.1) is 28.7 Å². The van der Waals surface area contributed by atoms with Gasteiger partial charge >= 0.3 is 18.3 Å². The van der Waals surface area contributed by atoms with Gasteiger partial charge in [0.25, 0.3) is 15.9 Å². The number of carboxylic acid groups (broad SMARTS) is 1. The normalized spacial score (nSPS) is 11.9. The lowest BCUT2D eigenvalue weighted by atomic mass is 10.1. The predicted octanol–water partition coefficient (Wildman–Crippen LogP) is 2.80. The van der Waals surface area contributed by atoms with E-state index in [-0.39, 0.29) is 22.1 Å². The third-order valence-corrected chi connectivity index (χ3v) is 6.45. The Hall–Kier alpha value is -5.01. The summed E-state index contributed by atoms with van der Waals surface area (Å²) in [7, 11) is -4.09. The second-order valence-corrected chi connectivity index (χ2v) is 9.82. The van der Waals surface area contributed by atoms with Crippen molar-refractivity contribution in [3.63, 3.8) is 0 Å². The van der Waals surface area contributed by atoms with E-state index in [4.69, 9.17) is 15.6 Å². The number of amides is 1. The zero-order valence-electron chi connectivity index (χ0n) is 20.9. The molecule has 0 aliphatic heterocycles. The molecule has 13 nitrogen and oxygen atoms in total. The van der Waals surface area contributed by atoms with Crippen LogP contribution >= 0.6 is 0 Å². The number of nitrogens with one attached hydrogen (secondary N) is 2. The summed E-state index contributed by atoms with van der Waals surface area (Å²) in [6.07, 6.45) is -5.87. The molecule has 4 rings (SSSR count). The Morgan fingerprint density at radius 3 is 2.26 bits per heavy atom. The predicted molar refractivity (Wildman–Crippen MR) is 132 cm³/mol. The molecule has 20 heteroatoms. The maximum absolute atomic E-state index is 13.0. The topological polar surface area (TPSA) is 195 Å². The number of nitrogens with zero attached hydrogens (tertiary/aromatic N) is 5. The number of sulfonamides is 1. The summed E-state index contributed by atoms with van der Waals surface area (Å²) in [6, 6.07) is 6.77. The van der Waals surface area contributed by atoms with Gasteiger partial charge in [0.2, 0.25) is 0 Å². The number of halogens is 6. The molecule has 0 aliphatic carbocycles. The number of alkyl halides is 6. The highest BCUT2D eigenvalue weighted by Gasteiger charge is 2.38. The molecule has 0 saturated carbocycles. The van der Waals surface area contributed by atoms with Gasteiger partial charge in [0.1, 0.15) is 18.6 Å². The number of fused-ring (bicyclic) bond motifs is 1. The number of aryl methyl sites for hydroxylation is 1. The molecule has 224 valence electrons. The average molecular weight is 620 g/mol. The number of pyridine rings is 1. The smallest absolute Gasteiger partial charge is 0.475 e. The third kappa shape index (κ3) is 7.80. The van der Waals surface area contributed by atoms with Crippen molar-refractivity contribution >= 4 is 39.1 Å². The second kappa shape index (κ2) is 11.8. The Balaban J connectivity index is 0.000000616. The summed E-state index contributed by atoms with van der Waals surface area (Å²) in [5.74, 6) is -3.64. The Labute approximate surface area is 231 Å². The number of nitrogen functional groups attached to an aromatic ring is 1. The fraction of sp³-hybridized carbons (Fsp3) is 0.182. The molecular formula is C22H18F6N8O5S. The zero-order valence-corrected chi connectivity index (χ0v) is 21.7. The van der Waals surface area contributed by atoms with Crippen LogP contribution in [0.5, 0.6) is 0 Å². The van der Waals surface area contributed by atoms with Gasteiger partial charge in [0, 0.05) is 5.56 Å². The Morgan fingerprint density at radius 2 is 1.69 bits per heavy atom. The molecule has 0 unspecified atom stereocenters. The summed E-state index contributed by atoms with van der Waals surface area (Å²) in [5, 5.41) is 12.9. The van der Waals surface area contributed by atoms with Crippen molar-refractivity contribution in [2.45, 2.75) is 24.2 Å². The van der Waals surface area contributed by atoms with E-state index in [9.17, 15) is 39.6 Å². The van der Waals surface area contributed by atoms with E-state index in [1.54, 1.807) is 18.3 Å². The number of aromatic nitrogens is 5. The molecule has 0 radical (unpaired) electrons. The maximum Gasteiger partial charge on any atom is 0.490 e. The van der Waals surface area contributed by atoms with Crippen molar-refractivity contribution in [3.8, 4) is 11.3 Å². The van der Waals surface area contributed by atoms with Crippen LogP contribution in [0.25, 0.3) is 16.9 Å². The lowest BCUT2D eigenvalue weighted by molar-refractivity contribution is -0.192. The number of nitrogens with two attached hydrogens (primary N) is 1. The number of benzene rings is 1. The molecule has 0 atom stereocenters. The summed E-state index contributed by atoms with van der Waals surface area (Å²) >= 11 is 0. The van der Waals surface area contributed by atoms with Crippen molar-refractivity contribution in [2.75, 3.05) is 17.0 Å². The Morgan fingerprint density at radius 1 is 1.02 bits per heavy atom. The van der Waals surface area contributed by atoms with Gasteiger partial charge in [-0.1, -0.05) is 6.07 Å². The summed E-state index contributed by atoms with van der Waals surface area (Å²) in [6.45, 7) is 0.276. The van der Waals surface area contributed by atoms with Gasteiger partial charge in [-0.25, -0.2) is 32.7 Å². The number of imidazole rings is 1. The van der Waals surface area contributed by atoms with Crippen molar-refractivity contribution in [3.05, 3.63) is 60.3 Å². The molecule has 1 aromatic carbocycles. The van der Waals surface area contributed by atoms with Gasteiger partial charge in [-0.3, -0.25) is 9.52 Å². The third-order valence-electron chi connectivity index (χ3n) is 5.07. The Bertz CT molecular complexity index is 1720. The van der Waals surface area contributed by atoms with Gasteiger partial charge in [-0.2, -0.15) is 31.4 Å². The minimum atomic E-state index is -5.08. The summed E-state index contributed by atoms with van der Waals surface area (Å²) in [5.41, 5.74) is 7.62. The highest BCUT2D eigenvalue weighted by atomic mass is 32.2. The van der Waals surface area contributed by atoms with Crippen molar-refractivity contribution < 1.29 is 49.5 Å². The van der Waals surface area contributed by atoms with Gasteiger partial charge < -0.3 is 16.2 Å². The molecule has 5 N–H and O–H groups in total. The first-order valence-corrected chi connectivity index (χ1v) is 12.6. The van der Waals surface area contributed by atoms with Gasteiger partial charge in [-0.15, -0.1) is 0 Å². The first-order chi connectivity index (χ1) is 19.4. The number of carboxylic acids is 1. The van der Waals surface area contributed by atoms with E-state index in [1.165, 1.54) is 35.2 Å². The molecule has 0 aliphatic rings. The standard InChI is InChI=1S/C20H17F3N8O3S.C2HF3O2/c1-11-2-4-13(6-14(11)16-8-26-18-17(24)28-10-29-31(16)18)35(33,34)30-12-3-5-15(25-7-12)19(32)27-9-20(21,22)23;3-2(4,5)1(6)7/h2-8,10,30H,9H2,1H3,(H,27,32)(H2,24,28,29);(H,6,7). The van der Waals surface area contributed by atoms with Crippen LogP contribution in [0.15, 0.2) is 53.9 Å². The van der Waals surface area contributed by atoms with Crippen molar-refractivity contribution in [1.29, 1.82) is 0 Å². The highest BCUT2D eigenvalue weighted by Crippen LogP contribution is 2.28. The van der Waals surface area contributed by atoms with Crippen molar-refractivity contribution in [1.82, 2.24) is 29.9 Å². The van der Waals surface area contributed by atoms with Gasteiger partial charge in [-0.05, 0) is 36.8 Å². The first-order valence-electron chi connectivity index (χ1n) is 11.1. The Kier molecular flexibility index (Phi) is 8.89. The van der Waals surface area contributed by atoms with Crippen LogP contribution in [0.2, 0.25) is 0 Å². The number of carbonyl (C=O) groups is 2. The molecule has 0 saturated heterocycles. The highest BCUT2D eigenvalue weighted by molar-refractivity contribution is 7.92. The molecule has 3 heterocycles. The summed E-state index contributed by atoms with van der Waals surface area (Å²) < 4.78 is 98.2. The number of aliphatic carboxylic acids is 1. The molecule has 0 spiro atoms. The van der Waals surface area contributed by atoms with E-state index in [0.29, 0.717) is 16.9 Å². The quantitative estimate of drug-likeness (QED) is 0.233. The summed E-state index contributed by atoms with van der Waals surface area (Å²) in [4.78, 5) is 32.4. The van der Waals surface area contributed by atoms with Gasteiger partial charge in [0.15, 0.2) is 11.5 Å². The van der Waals surface area contributed by atoms with E-state index in [1.807, 2.05) is 0 Å². The maximum atomic E-state index is 13.0. The average Bonchev–Trinajstić information content (AvgIpc) is 3.32. The number of hydrogen-bond acceptors (Lipinski definition) is 9. The van der Waals surface area contributed by atoms with E-state index in [2.05, 4.69) is 24.8 Å². The molecule has 3 aromatic heterocycles. The fourth-order valence-corrected chi connectivity index (χ4v) is 4.21. The van der Waals surface area contributed by atoms with Crippen LogP contribution in [0.1, 0.15) is 16.1 Å². The number of rotatable bonds is 6. The molecule has 1 amide bonds. The van der Waals surface area contributed by atoms with E-state index >= 15 is 0 Å². The SMILES string of the molecule is Cc1ccc(S(=O)(=O)Nc2ccc(C(=O)NCC(F)(F)F)nc2)cc1-c1cnc2c(N)ncnn12.O=C(O)C(F)(F)F. The minimum absolute atomic E-state index is 0.00909. The number of carbonyl (C=O) groups excluding carboxylic acids is 1. The minimum Gasteiger partial charge on any atom is -0.475 e. The second-order valence-electron chi connectivity index (χ2n) is 8.14. The van der Waals surface area contributed by atoms with Crippen molar-refractivity contribution in [2.24, 2.45) is 0 Å². The zero-order chi connectivity index (χ0) is 31.5. The molecular weight excluding hydrogens is 602 g/mol. The fourth-order valence-electron chi connectivity index (χ4n) is 3.14. The first kappa shape index (κ1) is 31.5. The molecule has 42 heavy (non-hydrogen) atoms. The van der Waals surface area contributed by atoms with Crippen LogP contribution in [0.4, 0.5) is 37.8 Å².